The van der Waals surface area contributed by atoms with Crippen molar-refractivity contribution in [2.75, 3.05) is 11.9 Å². The first kappa shape index (κ1) is 18.7. The summed E-state index contributed by atoms with van der Waals surface area (Å²) in [6.07, 6.45) is -0.612. The summed E-state index contributed by atoms with van der Waals surface area (Å²) in [4.78, 5) is 32.4. The van der Waals surface area contributed by atoms with Crippen LogP contribution >= 0.6 is 11.3 Å². The fourth-order valence-electron chi connectivity index (χ4n) is 3.45. The van der Waals surface area contributed by atoms with Gasteiger partial charge in [0, 0.05) is 27.7 Å². The zero-order valence-electron chi connectivity index (χ0n) is 16.6. The largest absolute Gasteiger partial charge is 0.443 e. The lowest BCUT2D eigenvalue weighted by Gasteiger charge is -2.28. The predicted octanol–water partition coefficient (Wildman–Crippen LogP) is 4.95. The van der Waals surface area contributed by atoms with Crippen LogP contribution in [-0.2, 0) is 4.74 Å². The molecular formula is C21H23N3O3S. The normalized spacial score (nSPS) is 17.4. The number of hydrogen-bond donors (Lipinski definition) is 1. The minimum absolute atomic E-state index is 0.323. The molecule has 1 N–H and O–H groups in total. The molecule has 0 saturated heterocycles. The van der Waals surface area contributed by atoms with Crippen molar-refractivity contribution >= 4 is 50.0 Å². The smallest absolute Gasteiger partial charge is 0.417 e. The zero-order valence-corrected chi connectivity index (χ0v) is 17.4. The molecule has 1 aliphatic rings. The lowest BCUT2D eigenvalue weighted by Crippen LogP contribution is -2.46. The van der Waals surface area contributed by atoms with Gasteiger partial charge in [0.05, 0.1) is 17.2 Å². The van der Waals surface area contributed by atoms with Gasteiger partial charge in [-0.25, -0.2) is 9.69 Å². The van der Waals surface area contributed by atoms with Gasteiger partial charge in [-0.15, -0.1) is 11.3 Å². The molecule has 7 heteroatoms. The van der Waals surface area contributed by atoms with Gasteiger partial charge in [-0.3, -0.25) is 9.78 Å². The van der Waals surface area contributed by atoms with E-state index in [1.165, 1.54) is 16.2 Å². The van der Waals surface area contributed by atoms with Crippen LogP contribution in [0.2, 0.25) is 0 Å². The topological polar surface area (TPSA) is 71.5 Å². The summed E-state index contributed by atoms with van der Waals surface area (Å²) in [5.74, 6) is -0.323. The first-order valence-electron chi connectivity index (χ1n) is 9.29. The van der Waals surface area contributed by atoms with Gasteiger partial charge in [-0.05, 0) is 52.8 Å². The second kappa shape index (κ2) is 6.44. The van der Waals surface area contributed by atoms with Crippen LogP contribution < -0.4 is 5.32 Å². The molecule has 1 aromatic carbocycles. The molecule has 28 heavy (non-hydrogen) atoms. The molecule has 4 rings (SSSR count). The number of hydrogen-bond acceptors (Lipinski definition) is 6. The van der Waals surface area contributed by atoms with E-state index >= 15 is 0 Å². The fourth-order valence-corrected chi connectivity index (χ4v) is 4.58. The molecule has 3 heterocycles. The van der Waals surface area contributed by atoms with E-state index in [1.807, 2.05) is 38.1 Å². The molecule has 1 atom stereocenters. The van der Waals surface area contributed by atoms with Crippen molar-refractivity contribution in [2.24, 2.45) is 0 Å². The maximum absolute atomic E-state index is 13.3. The number of aromatic nitrogens is 1. The third-order valence-corrected chi connectivity index (χ3v) is 5.82. The van der Waals surface area contributed by atoms with Gasteiger partial charge < -0.3 is 10.1 Å². The summed E-state index contributed by atoms with van der Waals surface area (Å²) in [6, 6.07) is 7.64. The number of thiophene rings is 1. The summed E-state index contributed by atoms with van der Waals surface area (Å²) < 4.78 is 6.47. The molecule has 3 aromatic rings. The molecule has 0 aliphatic carbocycles. The van der Waals surface area contributed by atoms with Crippen molar-refractivity contribution in [3.05, 3.63) is 34.8 Å². The molecule has 0 radical (unpaired) electrons. The molecule has 1 unspecified atom stereocenters. The molecule has 2 amide bonds. The van der Waals surface area contributed by atoms with Gasteiger partial charge in [0.2, 0.25) is 0 Å². The van der Waals surface area contributed by atoms with E-state index in [0.717, 1.165) is 32.4 Å². The number of benzene rings is 1. The molecule has 0 spiro atoms. The molecule has 0 bridgehead atoms. The summed E-state index contributed by atoms with van der Waals surface area (Å²) in [6.45, 7) is 9.64. The first-order valence-corrected chi connectivity index (χ1v) is 10.1. The number of nitrogens with one attached hydrogen (secondary N) is 1. The molecular weight excluding hydrogens is 374 g/mol. The van der Waals surface area contributed by atoms with Gasteiger partial charge in [-0.2, -0.15) is 0 Å². The summed E-state index contributed by atoms with van der Waals surface area (Å²) in [5.41, 5.74) is 1.95. The Balaban J connectivity index is 1.86. The molecule has 1 aliphatic heterocycles. The molecule has 6 nitrogen and oxygen atoms in total. The Bertz CT molecular complexity index is 1110. The average molecular weight is 398 g/mol. The summed E-state index contributed by atoms with van der Waals surface area (Å²) >= 11 is 1.39. The number of anilines is 1. The number of imide groups is 1. The highest BCUT2D eigenvalue weighted by Gasteiger charge is 2.37. The van der Waals surface area contributed by atoms with Gasteiger partial charge in [0.25, 0.3) is 5.91 Å². The number of rotatable bonds is 0. The number of amides is 2. The van der Waals surface area contributed by atoms with E-state index in [0.29, 0.717) is 11.4 Å². The van der Waals surface area contributed by atoms with Gasteiger partial charge in [0.15, 0.2) is 0 Å². The fraction of sp³-hybridized carbons (Fsp3) is 0.381. The van der Waals surface area contributed by atoms with E-state index in [1.54, 1.807) is 20.8 Å². The standard InChI is InChI=1S/C21H23N3O3S/c1-11-6-7-13-14(23-11)8-9-15-16(13)17-18(28-15)19(25)24(12(2)10-22-17)20(26)27-21(3,4)5/h6-9,12,22H,10H2,1-5H3. The number of aryl methyl sites for hydroxylation is 1. The van der Waals surface area contributed by atoms with Crippen molar-refractivity contribution < 1.29 is 14.3 Å². The summed E-state index contributed by atoms with van der Waals surface area (Å²) in [5, 5.41) is 5.38. The van der Waals surface area contributed by atoms with E-state index in [4.69, 9.17) is 4.74 Å². The molecule has 146 valence electrons. The maximum atomic E-state index is 13.3. The highest BCUT2D eigenvalue weighted by molar-refractivity contribution is 7.21. The number of pyridine rings is 1. The number of carbonyl (C=O) groups excluding carboxylic acids is 2. The van der Waals surface area contributed by atoms with Crippen LogP contribution in [0, 0.1) is 6.92 Å². The van der Waals surface area contributed by atoms with Crippen LogP contribution in [0.15, 0.2) is 24.3 Å². The summed E-state index contributed by atoms with van der Waals surface area (Å²) in [7, 11) is 0. The minimum atomic E-state index is -0.667. The van der Waals surface area contributed by atoms with E-state index < -0.39 is 11.7 Å². The first-order chi connectivity index (χ1) is 13.2. The van der Waals surface area contributed by atoms with Crippen LogP contribution in [0.3, 0.4) is 0 Å². The number of ether oxygens (including phenoxy) is 1. The monoisotopic (exact) mass is 397 g/mol. The Labute approximate surface area is 167 Å². The highest BCUT2D eigenvalue weighted by atomic mass is 32.1. The lowest BCUT2D eigenvalue weighted by molar-refractivity contribution is 0.0192. The second-order valence-corrected chi connectivity index (χ2v) is 9.20. The quantitative estimate of drug-likeness (QED) is 0.581. The van der Waals surface area contributed by atoms with Gasteiger partial charge in [-0.1, -0.05) is 6.07 Å². The third kappa shape index (κ3) is 3.09. The Morgan fingerprint density at radius 1 is 1.29 bits per heavy atom. The maximum Gasteiger partial charge on any atom is 0.417 e. The minimum Gasteiger partial charge on any atom is -0.443 e. The SMILES string of the molecule is Cc1ccc2c(ccc3sc4c(c32)NCC(C)N(C(=O)OC(C)(C)C)C4=O)n1. The van der Waals surface area contributed by atoms with E-state index in [9.17, 15) is 9.59 Å². The van der Waals surface area contributed by atoms with Crippen LogP contribution in [0.5, 0.6) is 0 Å². The Hall–Kier alpha value is -2.67. The Morgan fingerprint density at radius 2 is 2.04 bits per heavy atom. The average Bonchev–Trinajstić information content (AvgIpc) is 2.91. The zero-order chi connectivity index (χ0) is 20.2. The number of fused-ring (bicyclic) bond motifs is 5. The molecule has 0 saturated carbocycles. The lowest BCUT2D eigenvalue weighted by atomic mass is 10.1. The van der Waals surface area contributed by atoms with Crippen molar-refractivity contribution in [1.82, 2.24) is 9.88 Å². The number of nitrogens with zero attached hydrogens (tertiary/aromatic N) is 2. The highest BCUT2D eigenvalue weighted by Crippen LogP contribution is 2.42. The van der Waals surface area contributed by atoms with Crippen LogP contribution in [0.25, 0.3) is 21.0 Å². The van der Waals surface area contributed by atoms with Crippen molar-refractivity contribution in [1.29, 1.82) is 0 Å². The van der Waals surface area contributed by atoms with E-state index in [2.05, 4.69) is 10.3 Å². The predicted molar refractivity (Wildman–Crippen MR) is 112 cm³/mol. The van der Waals surface area contributed by atoms with Crippen molar-refractivity contribution in [3.8, 4) is 0 Å². The molecule has 0 fully saturated rings. The Kier molecular flexibility index (Phi) is 4.30. The van der Waals surface area contributed by atoms with Crippen LogP contribution in [0.1, 0.15) is 43.1 Å². The second-order valence-electron chi connectivity index (χ2n) is 8.15. The van der Waals surface area contributed by atoms with Crippen molar-refractivity contribution in [3.63, 3.8) is 0 Å². The van der Waals surface area contributed by atoms with Gasteiger partial charge in [0.1, 0.15) is 10.5 Å². The van der Waals surface area contributed by atoms with Gasteiger partial charge >= 0.3 is 6.09 Å². The molecule has 2 aromatic heterocycles. The van der Waals surface area contributed by atoms with Crippen LogP contribution in [0.4, 0.5) is 10.5 Å². The Morgan fingerprint density at radius 3 is 2.75 bits per heavy atom. The number of carbonyl (C=O) groups is 2. The van der Waals surface area contributed by atoms with Crippen LogP contribution in [-0.4, -0.2) is 40.1 Å². The van der Waals surface area contributed by atoms with E-state index in [-0.39, 0.29) is 11.9 Å². The van der Waals surface area contributed by atoms with Crippen molar-refractivity contribution in [2.45, 2.75) is 46.3 Å². The third-order valence-electron chi connectivity index (χ3n) is 4.68.